The minimum absolute atomic E-state index is 0.0539. The molecule has 0 atom stereocenters. The molecule has 0 aliphatic carbocycles. The molecule has 186 valence electrons. The van der Waals surface area contributed by atoms with Crippen molar-refractivity contribution in [2.45, 2.75) is 19.9 Å². The first-order chi connectivity index (χ1) is 17.4. The van der Waals surface area contributed by atoms with Crippen LogP contribution in [0.25, 0.3) is 11.7 Å². The van der Waals surface area contributed by atoms with E-state index >= 15 is 0 Å². The molecule has 1 amide bonds. The zero-order valence-electron chi connectivity index (χ0n) is 20.4. The molecule has 0 bridgehead atoms. The Labute approximate surface area is 219 Å². The molecule has 5 rings (SSSR count). The molecule has 0 radical (unpaired) electrons. The van der Waals surface area contributed by atoms with Gasteiger partial charge in [-0.05, 0) is 44.2 Å². The molecular weight excluding hydrogens is 494 g/mol. The molecular formula is C26H27N5O3S2. The molecule has 2 aliphatic heterocycles. The normalized spacial score (nSPS) is 17.7. The third-order valence-corrected chi connectivity index (χ3v) is 7.70. The summed E-state index contributed by atoms with van der Waals surface area (Å²) in [6.07, 6.45) is 3.36. The van der Waals surface area contributed by atoms with E-state index in [1.54, 1.807) is 30.3 Å². The Morgan fingerprint density at radius 1 is 1.03 bits per heavy atom. The van der Waals surface area contributed by atoms with Crippen molar-refractivity contribution in [1.82, 2.24) is 14.3 Å². The summed E-state index contributed by atoms with van der Waals surface area (Å²) in [6.45, 7) is 6.67. The van der Waals surface area contributed by atoms with Crippen LogP contribution in [0.3, 0.4) is 0 Å². The van der Waals surface area contributed by atoms with Gasteiger partial charge in [-0.25, -0.2) is 4.98 Å². The van der Waals surface area contributed by atoms with Gasteiger partial charge in [0.1, 0.15) is 21.5 Å². The molecule has 2 aromatic heterocycles. The van der Waals surface area contributed by atoms with E-state index in [1.165, 1.54) is 16.2 Å². The lowest BCUT2D eigenvalue weighted by molar-refractivity contribution is -0.123. The first-order valence-corrected chi connectivity index (χ1v) is 13.0. The van der Waals surface area contributed by atoms with Gasteiger partial charge in [-0.2, -0.15) is 0 Å². The number of hydrogen-bond donors (Lipinski definition) is 0. The van der Waals surface area contributed by atoms with E-state index in [0.29, 0.717) is 39.3 Å². The fourth-order valence-electron chi connectivity index (χ4n) is 4.56. The van der Waals surface area contributed by atoms with Gasteiger partial charge >= 0.3 is 0 Å². The quantitative estimate of drug-likeness (QED) is 0.372. The zero-order valence-corrected chi connectivity index (χ0v) is 22.0. The predicted octanol–water partition coefficient (Wildman–Crippen LogP) is 3.64. The number of pyridine rings is 1. The van der Waals surface area contributed by atoms with Crippen molar-refractivity contribution in [3.05, 3.63) is 69.5 Å². The number of anilines is 2. The van der Waals surface area contributed by atoms with Crippen molar-refractivity contribution < 1.29 is 9.53 Å². The molecule has 2 aliphatic rings. The van der Waals surface area contributed by atoms with Crippen LogP contribution in [0, 0.1) is 0 Å². The second kappa shape index (κ2) is 9.94. The van der Waals surface area contributed by atoms with Crippen LogP contribution in [-0.4, -0.2) is 63.8 Å². The molecule has 10 heteroatoms. The summed E-state index contributed by atoms with van der Waals surface area (Å²) >= 11 is 6.67. The van der Waals surface area contributed by atoms with Gasteiger partial charge in [-0.15, -0.1) is 0 Å². The van der Waals surface area contributed by atoms with Gasteiger partial charge in [-0.1, -0.05) is 42.2 Å². The number of para-hydroxylation sites is 2. The molecule has 0 N–H and O–H groups in total. The second-order valence-electron chi connectivity index (χ2n) is 8.87. The van der Waals surface area contributed by atoms with Crippen LogP contribution in [0.1, 0.15) is 19.4 Å². The first-order valence-electron chi connectivity index (χ1n) is 11.8. The number of piperazine rings is 1. The molecule has 0 spiro atoms. The Hall–Kier alpha value is -3.37. The number of methoxy groups -OCH3 is 1. The van der Waals surface area contributed by atoms with Crippen molar-refractivity contribution >= 4 is 57.4 Å². The number of carbonyl (C=O) groups excluding carboxylic acids is 1. The Bertz CT molecular complexity index is 1430. The molecule has 3 aromatic rings. The summed E-state index contributed by atoms with van der Waals surface area (Å²) in [5, 5.41) is 0. The van der Waals surface area contributed by atoms with Crippen molar-refractivity contribution in [3.8, 4) is 5.75 Å². The molecule has 1 aromatic carbocycles. The number of amides is 1. The van der Waals surface area contributed by atoms with Crippen LogP contribution in [0.5, 0.6) is 5.75 Å². The van der Waals surface area contributed by atoms with Gasteiger partial charge in [0.2, 0.25) is 0 Å². The second-order valence-corrected chi connectivity index (χ2v) is 10.6. The van der Waals surface area contributed by atoms with E-state index in [1.807, 2.05) is 44.2 Å². The van der Waals surface area contributed by atoms with E-state index in [-0.39, 0.29) is 17.5 Å². The minimum Gasteiger partial charge on any atom is -0.495 e. The fraction of sp³-hybridized carbons (Fsp3) is 0.308. The molecule has 2 fully saturated rings. The van der Waals surface area contributed by atoms with E-state index in [0.717, 1.165) is 24.5 Å². The lowest BCUT2D eigenvalue weighted by atomic mass is 10.2. The van der Waals surface area contributed by atoms with Gasteiger partial charge in [-0.3, -0.25) is 18.9 Å². The Morgan fingerprint density at radius 2 is 1.72 bits per heavy atom. The van der Waals surface area contributed by atoms with E-state index in [9.17, 15) is 9.59 Å². The average Bonchev–Trinajstić information content (AvgIpc) is 3.18. The smallest absolute Gasteiger partial charge is 0.267 e. The van der Waals surface area contributed by atoms with E-state index < -0.39 is 0 Å². The topological polar surface area (TPSA) is 70.4 Å². The lowest BCUT2D eigenvalue weighted by Gasteiger charge is -2.37. The number of ether oxygens (including phenoxy) is 1. The van der Waals surface area contributed by atoms with Gasteiger partial charge in [0, 0.05) is 38.4 Å². The van der Waals surface area contributed by atoms with Crippen LogP contribution in [-0.2, 0) is 4.79 Å². The van der Waals surface area contributed by atoms with Crippen LogP contribution in [0.2, 0.25) is 0 Å². The molecule has 8 nitrogen and oxygen atoms in total. The molecule has 2 saturated heterocycles. The Morgan fingerprint density at radius 3 is 2.42 bits per heavy atom. The Balaban J connectivity index is 1.52. The van der Waals surface area contributed by atoms with Gasteiger partial charge in [0.15, 0.2) is 0 Å². The number of thiocarbonyl (C=S) groups is 1. The summed E-state index contributed by atoms with van der Waals surface area (Å²) < 4.78 is 7.56. The van der Waals surface area contributed by atoms with E-state index in [4.69, 9.17) is 21.9 Å². The Kier molecular flexibility index (Phi) is 6.72. The number of nitrogens with zero attached hydrogens (tertiary/aromatic N) is 5. The number of hydrogen-bond acceptors (Lipinski definition) is 8. The van der Waals surface area contributed by atoms with Crippen molar-refractivity contribution in [1.29, 1.82) is 0 Å². The number of fused-ring (bicyclic) bond motifs is 1. The summed E-state index contributed by atoms with van der Waals surface area (Å²) in [5.74, 6) is 1.24. The van der Waals surface area contributed by atoms with Gasteiger partial charge < -0.3 is 14.5 Å². The SMILES string of the molecule is COc1ccccc1N1CCN(c2nc3ccccn3c(=O)c2/C=C2\SC(=S)N(C(C)C)C2=O)CC1. The zero-order chi connectivity index (χ0) is 25.4. The first kappa shape index (κ1) is 24.3. The van der Waals surface area contributed by atoms with Crippen molar-refractivity contribution in [3.63, 3.8) is 0 Å². The molecule has 4 heterocycles. The third-order valence-electron chi connectivity index (χ3n) is 6.37. The van der Waals surface area contributed by atoms with Gasteiger partial charge in [0.25, 0.3) is 11.5 Å². The maximum atomic E-state index is 13.6. The number of thioether (sulfide) groups is 1. The summed E-state index contributed by atoms with van der Waals surface area (Å²) in [4.78, 5) is 38.0. The minimum atomic E-state index is -0.211. The lowest BCUT2D eigenvalue weighted by Crippen LogP contribution is -2.47. The summed E-state index contributed by atoms with van der Waals surface area (Å²) in [5.41, 5.74) is 1.80. The standard InChI is InChI=1S/C26H27N5O3S2/c1-17(2)31-25(33)21(36-26(31)35)16-18-23(27-22-10-6-7-11-30(22)24(18)32)29-14-12-28(13-15-29)19-8-4-5-9-20(19)34-3/h4-11,16-17H,12-15H2,1-3H3/b21-16-. The van der Waals surface area contributed by atoms with Crippen molar-refractivity contribution in [2.75, 3.05) is 43.1 Å². The number of carbonyl (C=O) groups is 1. The monoisotopic (exact) mass is 521 g/mol. The highest BCUT2D eigenvalue weighted by Gasteiger charge is 2.34. The van der Waals surface area contributed by atoms with Crippen LogP contribution >= 0.6 is 24.0 Å². The maximum absolute atomic E-state index is 13.6. The number of aromatic nitrogens is 2. The molecule has 36 heavy (non-hydrogen) atoms. The maximum Gasteiger partial charge on any atom is 0.267 e. The van der Waals surface area contributed by atoms with Crippen molar-refractivity contribution in [2.24, 2.45) is 0 Å². The largest absolute Gasteiger partial charge is 0.495 e. The molecule has 0 unspecified atom stereocenters. The molecule has 0 saturated carbocycles. The van der Waals surface area contributed by atoms with E-state index in [2.05, 4.69) is 15.9 Å². The van der Waals surface area contributed by atoms with Crippen LogP contribution in [0.15, 0.2) is 58.4 Å². The highest BCUT2D eigenvalue weighted by atomic mass is 32.2. The predicted molar refractivity (Wildman–Crippen MR) is 149 cm³/mol. The summed E-state index contributed by atoms with van der Waals surface area (Å²) in [7, 11) is 1.68. The number of rotatable bonds is 5. The highest BCUT2D eigenvalue weighted by molar-refractivity contribution is 8.26. The highest BCUT2D eigenvalue weighted by Crippen LogP contribution is 2.35. The van der Waals surface area contributed by atoms with Crippen LogP contribution in [0.4, 0.5) is 11.5 Å². The number of benzene rings is 1. The van der Waals surface area contributed by atoms with Crippen LogP contribution < -0.4 is 20.1 Å². The summed E-state index contributed by atoms with van der Waals surface area (Å²) in [6, 6.07) is 13.4. The van der Waals surface area contributed by atoms with Gasteiger partial charge in [0.05, 0.1) is 23.3 Å². The average molecular weight is 522 g/mol. The fourth-order valence-corrected chi connectivity index (χ4v) is 6.07. The third kappa shape index (κ3) is 4.35.